The number of amides is 1. The predicted molar refractivity (Wildman–Crippen MR) is 94.1 cm³/mol. The smallest absolute Gasteiger partial charge is 0.239 e. The lowest BCUT2D eigenvalue weighted by atomic mass is 10.1. The quantitative estimate of drug-likeness (QED) is 0.935. The number of likely N-dealkylation sites (N-methyl/N-ethyl adjacent to an activating group) is 1. The van der Waals surface area contributed by atoms with E-state index in [1.54, 1.807) is 13.0 Å². The second-order valence-corrected chi connectivity index (χ2v) is 6.35. The number of para-hydroxylation sites is 1. The maximum absolute atomic E-state index is 12.4. The van der Waals surface area contributed by atoms with E-state index in [1.807, 2.05) is 0 Å². The molecule has 1 aliphatic heterocycles. The number of fused-ring (bicyclic) bond motifs is 1. The molecule has 3 rings (SSSR count). The van der Waals surface area contributed by atoms with Crippen molar-refractivity contribution in [1.29, 1.82) is 0 Å². The molecule has 24 heavy (non-hydrogen) atoms. The summed E-state index contributed by atoms with van der Waals surface area (Å²) in [5, 5.41) is 6.63. The minimum Gasteiger partial charge on any atom is -0.373 e. The summed E-state index contributed by atoms with van der Waals surface area (Å²) < 4.78 is 4.99. The van der Waals surface area contributed by atoms with Gasteiger partial charge in [-0.15, -0.1) is 0 Å². The lowest BCUT2D eigenvalue weighted by Gasteiger charge is -2.29. The highest BCUT2D eigenvalue weighted by molar-refractivity contribution is 5.91. The summed E-state index contributed by atoms with van der Waals surface area (Å²) in [5.74, 6) is 1.09. The topological polar surface area (TPSA) is 61.6 Å². The van der Waals surface area contributed by atoms with Gasteiger partial charge < -0.3 is 14.7 Å². The van der Waals surface area contributed by atoms with E-state index in [4.69, 9.17) is 4.52 Å². The summed E-state index contributed by atoms with van der Waals surface area (Å²) in [6.45, 7) is 5.98. The van der Waals surface area contributed by atoms with Crippen molar-refractivity contribution in [3.63, 3.8) is 0 Å². The maximum atomic E-state index is 12.4. The molecule has 1 atom stereocenters. The average molecular weight is 328 g/mol. The molecule has 0 spiro atoms. The fourth-order valence-electron chi connectivity index (χ4n) is 3.26. The van der Waals surface area contributed by atoms with Crippen molar-refractivity contribution in [2.75, 3.05) is 30.4 Å². The first kappa shape index (κ1) is 16.5. The molecule has 1 unspecified atom stereocenters. The Labute approximate surface area is 142 Å². The van der Waals surface area contributed by atoms with E-state index in [0.29, 0.717) is 24.2 Å². The van der Waals surface area contributed by atoms with Crippen LogP contribution in [0.1, 0.15) is 24.7 Å². The molecule has 1 amide bonds. The van der Waals surface area contributed by atoms with Crippen LogP contribution in [0.2, 0.25) is 0 Å². The van der Waals surface area contributed by atoms with E-state index in [1.165, 1.54) is 11.3 Å². The van der Waals surface area contributed by atoms with E-state index < -0.39 is 0 Å². The highest BCUT2D eigenvalue weighted by Crippen LogP contribution is 2.26. The number of nitrogens with one attached hydrogen (secondary N) is 1. The van der Waals surface area contributed by atoms with Crippen LogP contribution in [0.15, 0.2) is 34.9 Å². The molecule has 0 fully saturated rings. The number of rotatable bonds is 4. The molecule has 0 aliphatic carbocycles. The van der Waals surface area contributed by atoms with Gasteiger partial charge in [-0.25, -0.2) is 0 Å². The van der Waals surface area contributed by atoms with Gasteiger partial charge in [0.2, 0.25) is 5.91 Å². The lowest BCUT2D eigenvalue weighted by Crippen LogP contribution is -2.43. The van der Waals surface area contributed by atoms with Crippen LogP contribution in [-0.2, 0) is 11.3 Å². The highest BCUT2D eigenvalue weighted by atomic mass is 16.5. The van der Waals surface area contributed by atoms with Crippen molar-refractivity contribution in [3.05, 3.63) is 41.7 Å². The zero-order chi connectivity index (χ0) is 17.1. The molecule has 1 aliphatic rings. The van der Waals surface area contributed by atoms with Crippen molar-refractivity contribution in [1.82, 2.24) is 10.1 Å². The number of nitrogens with zero attached hydrogens (tertiary/aromatic N) is 3. The molecule has 6 heteroatoms. The van der Waals surface area contributed by atoms with Gasteiger partial charge in [0.05, 0.1) is 6.54 Å². The van der Waals surface area contributed by atoms with Crippen molar-refractivity contribution < 1.29 is 9.32 Å². The van der Waals surface area contributed by atoms with Crippen LogP contribution in [-0.4, -0.2) is 42.1 Å². The Morgan fingerprint density at radius 1 is 1.42 bits per heavy atom. The predicted octanol–water partition coefficient (Wildman–Crippen LogP) is 2.65. The molecule has 1 aromatic carbocycles. The van der Waals surface area contributed by atoms with Gasteiger partial charge >= 0.3 is 0 Å². The average Bonchev–Trinajstić information content (AvgIpc) is 2.90. The van der Waals surface area contributed by atoms with Crippen molar-refractivity contribution >= 4 is 17.4 Å². The van der Waals surface area contributed by atoms with Crippen molar-refractivity contribution in [2.24, 2.45) is 0 Å². The monoisotopic (exact) mass is 328 g/mol. The van der Waals surface area contributed by atoms with Crippen LogP contribution < -0.4 is 10.2 Å². The Bertz CT molecular complexity index is 713. The van der Waals surface area contributed by atoms with Crippen LogP contribution in [0.4, 0.5) is 11.5 Å². The van der Waals surface area contributed by atoms with Gasteiger partial charge in [-0.2, -0.15) is 0 Å². The number of aromatic nitrogens is 1. The van der Waals surface area contributed by atoms with Crippen molar-refractivity contribution in [3.8, 4) is 0 Å². The molecule has 128 valence electrons. The van der Waals surface area contributed by atoms with Crippen LogP contribution in [0, 0.1) is 6.92 Å². The second-order valence-electron chi connectivity index (χ2n) is 6.35. The number of benzene rings is 1. The first-order valence-corrected chi connectivity index (χ1v) is 8.33. The third-order valence-corrected chi connectivity index (χ3v) is 4.49. The lowest BCUT2D eigenvalue weighted by molar-refractivity contribution is -0.118. The van der Waals surface area contributed by atoms with Crippen LogP contribution >= 0.6 is 0 Å². The normalized spacial score (nSPS) is 18.1. The zero-order valence-corrected chi connectivity index (χ0v) is 14.5. The number of anilines is 2. The highest BCUT2D eigenvalue weighted by Gasteiger charge is 2.26. The summed E-state index contributed by atoms with van der Waals surface area (Å²) in [6, 6.07) is 10.4. The molecule has 2 heterocycles. The van der Waals surface area contributed by atoms with Crippen molar-refractivity contribution in [2.45, 2.75) is 32.9 Å². The Morgan fingerprint density at radius 3 is 2.92 bits per heavy atom. The van der Waals surface area contributed by atoms with E-state index in [9.17, 15) is 4.79 Å². The number of carbonyl (C=O) groups excluding carboxylic acids is 1. The van der Waals surface area contributed by atoms with Gasteiger partial charge in [-0.3, -0.25) is 9.69 Å². The first-order valence-electron chi connectivity index (χ1n) is 8.33. The van der Waals surface area contributed by atoms with E-state index >= 15 is 0 Å². The van der Waals surface area contributed by atoms with E-state index in [2.05, 4.69) is 58.5 Å². The first-order chi connectivity index (χ1) is 11.6. The Kier molecular flexibility index (Phi) is 4.85. The molecule has 6 nitrogen and oxygen atoms in total. The van der Waals surface area contributed by atoms with Gasteiger partial charge in [0.1, 0.15) is 5.76 Å². The number of carbonyl (C=O) groups is 1. The van der Waals surface area contributed by atoms with Gasteiger partial charge in [-0.1, -0.05) is 30.3 Å². The third kappa shape index (κ3) is 3.59. The number of hydrogen-bond donors (Lipinski definition) is 1. The fourth-order valence-corrected chi connectivity index (χ4v) is 3.26. The molecule has 2 aromatic rings. The molecule has 0 bridgehead atoms. The number of hydrogen-bond acceptors (Lipinski definition) is 5. The molecule has 0 saturated heterocycles. The zero-order valence-electron chi connectivity index (χ0n) is 14.5. The third-order valence-electron chi connectivity index (χ3n) is 4.49. The largest absolute Gasteiger partial charge is 0.373 e. The summed E-state index contributed by atoms with van der Waals surface area (Å²) >= 11 is 0. The molecular weight excluding hydrogens is 304 g/mol. The summed E-state index contributed by atoms with van der Waals surface area (Å²) in [4.78, 5) is 16.9. The molecule has 1 aromatic heterocycles. The summed E-state index contributed by atoms with van der Waals surface area (Å²) in [6.07, 6.45) is 0.995. The van der Waals surface area contributed by atoms with Crippen LogP contribution in [0.5, 0.6) is 0 Å². The minimum absolute atomic E-state index is 0.0659. The summed E-state index contributed by atoms with van der Waals surface area (Å²) in [5.41, 5.74) is 2.49. The van der Waals surface area contributed by atoms with Crippen LogP contribution in [0.3, 0.4) is 0 Å². The summed E-state index contributed by atoms with van der Waals surface area (Å²) in [7, 11) is 2.11. The maximum Gasteiger partial charge on any atom is 0.239 e. The van der Waals surface area contributed by atoms with Gasteiger partial charge in [0.25, 0.3) is 0 Å². The Hall–Kier alpha value is -2.34. The van der Waals surface area contributed by atoms with Gasteiger partial charge in [0.15, 0.2) is 5.82 Å². The Morgan fingerprint density at radius 2 is 2.21 bits per heavy atom. The standard InChI is InChI=1S/C18H24N4O2/c1-4-15-11-21(3)16-8-6-5-7-14(16)10-22(15)12-18(23)19-17-9-13(2)24-20-17/h5-9,15H,4,10-12H2,1-3H3,(H,19,20,23). The van der Waals surface area contributed by atoms with E-state index in [0.717, 1.165) is 19.5 Å². The van der Waals surface area contributed by atoms with E-state index in [-0.39, 0.29) is 5.91 Å². The molecule has 0 saturated carbocycles. The Balaban J connectivity index is 1.74. The number of aryl methyl sites for hydroxylation is 1. The van der Waals surface area contributed by atoms with Crippen LogP contribution in [0.25, 0.3) is 0 Å². The SMILES string of the molecule is CCC1CN(C)c2ccccc2CN1CC(=O)Nc1cc(C)on1. The van der Waals surface area contributed by atoms with Gasteiger partial charge in [0, 0.05) is 37.9 Å². The minimum atomic E-state index is -0.0659. The van der Waals surface area contributed by atoms with Gasteiger partial charge in [-0.05, 0) is 25.0 Å². The second kappa shape index (κ2) is 7.05. The molecular formula is C18H24N4O2. The molecule has 1 N–H and O–H groups in total. The molecule has 0 radical (unpaired) electrons. The fraction of sp³-hybridized carbons (Fsp3) is 0.444.